The van der Waals surface area contributed by atoms with E-state index in [4.69, 9.17) is 5.73 Å². The maximum atomic E-state index is 11.2. The summed E-state index contributed by atoms with van der Waals surface area (Å²) in [7, 11) is 0. The number of carbonyl (C=O) groups is 1. The Morgan fingerprint density at radius 2 is 2.36 bits per heavy atom. The molecule has 2 fully saturated rings. The summed E-state index contributed by atoms with van der Waals surface area (Å²) in [6, 6.07) is 0.389. The molecule has 0 spiro atoms. The molecule has 1 amide bonds. The molecule has 3 heteroatoms. The number of primary amides is 1. The number of amides is 1. The third-order valence-electron chi connectivity index (χ3n) is 3.24. The van der Waals surface area contributed by atoms with Gasteiger partial charge in [0, 0.05) is 6.04 Å². The molecule has 0 bridgehead atoms. The van der Waals surface area contributed by atoms with Gasteiger partial charge in [-0.3, -0.25) is 4.79 Å². The van der Waals surface area contributed by atoms with Crippen LogP contribution in [0.4, 0.5) is 0 Å². The summed E-state index contributed by atoms with van der Waals surface area (Å²) in [5.74, 6) is -0.0926. The van der Waals surface area contributed by atoms with E-state index < -0.39 is 0 Å². The van der Waals surface area contributed by atoms with Crippen LogP contribution < -0.4 is 11.1 Å². The monoisotopic (exact) mass is 154 g/mol. The van der Waals surface area contributed by atoms with E-state index in [0.717, 1.165) is 32.2 Å². The van der Waals surface area contributed by atoms with E-state index >= 15 is 0 Å². The van der Waals surface area contributed by atoms with Gasteiger partial charge >= 0.3 is 0 Å². The predicted molar refractivity (Wildman–Crippen MR) is 41.9 cm³/mol. The van der Waals surface area contributed by atoms with Crippen LogP contribution in [0.25, 0.3) is 0 Å². The lowest BCUT2D eigenvalue weighted by molar-refractivity contribution is -0.127. The number of fused-ring (bicyclic) bond motifs is 1. The van der Waals surface area contributed by atoms with Gasteiger partial charge in [0.15, 0.2) is 0 Å². The fourth-order valence-corrected chi connectivity index (χ4v) is 2.56. The van der Waals surface area contributed by atoms with Crippen molar-refractivity contribution in [2.45, 2.75) is 31.7 Å². The van der Waals surface area contributed by atoms with E-state index in [9.17, 15) is 4.79 Å². The highest BCUT2D eigenvalue weighted by Crippen LogP contribution is 2.43. The Balaban J connectivity index is 2.26. The third-order valence-corrected chi connectivity index (χ3v) is 3.24. The van der Waals surface area contributed by atoms with Crippen molar-refractivity contribution in [1.29, 1.82) is 0 Å². The SMILES string of the molecule is NC(=O)C12CCCC1NCC2. The summed E-state index contributed by atoms with van der Waals surface area (Å²) < 4.78 is 0. The zero-order valence-electron chi connectivity index (χ0n) is 6.60. The molecule has 1 saturated heterocycles. The molecule has 0 aromatic rings. The number of rotatable bonds is 1. The smallest absolute Gasteiger partial charge is 0.225 e. The first-order valence-corrected chi connectivity index (χ1v) is 4.29. The van der Waals surface area contributed by atoms with Crippen LogP contribution in [0.3, 0.4) is 0 Å². The van der Waals surface area contributed by atoms with Crippen LogP contribution in [0.1, 0.15) is 25.7 Å². The van der Waals surface area contributed by atoms with Gasteiger partial charge in [0.1, 0.15) is 0 Å². The molecule has 0 radical (unpaired) electrons. The first-order valence-electron chi connectivity index (χ1n) is 4.29. The van der Waals surface area contributed by atoms with E-state index in [0.29, 0.717) is 6.04 Å². The quantitative estimate of drug-likeness (QED) is 0.558. The number of hydrogen-bond donors (Lipinski definition) is 2. The summed E-state index contributed by atoms with van der Waals surface area (Å²) in [6.45, 7) is 0.966. The van der Waals surface area contributed by atoms with Gasteiger partial charge in [0.25, 0.3) is 0 Å². The molecule has 1 aliphatic heterocycles. The summed E-state index contributed by atoms with van der Waals surface area (Å²) >= 11 is 0. The lowest BCUT2D eigenvalue weighted by Crippen LogP contribution is -2.42. The van der Waals surface area contributed by atoms with Crippen LogP contribution in [0.15, 0.2) is 0 Å². The molecule has 2 atom stereocenters. The zero-order valence-corrected chi connectivity index (χ0v) is 6.60. The maximum Gasteiger partial charge on any atom is 0.225 e. The Labute approximate surface area is 66.3 Å². The third kappa shape index (κ3) is 0.805. The Morgan fingerprint density at radius 3 is 3.00 bits per heavy atom. The van der Waals surface area contributed by atoms with Crippen molar-refractivity contribution in [3.63, 3.8) is 0 Å². The number of nitrogens with two attached hydrogens (primary N) is 1. The molecule has 1 heterocycles. The van der Waals surface area contributed by atoms with Gasteiger partial charge in [0.05, 0.1) is 5.41 Å². The summed E-state index contributed by atoms with van der Waals surface area (Å²) in [5.41, 5.74) is 5.23. The normalized spacial score (nSPS) is 42.4. The topological polar surface area (TPSA) is 55.1 Å². The van der Waals surface area contributed by atoms with E-state index in [1.807, 2.05) is 0 Å². The fourth-order valence-electron chi connectivity index (χ4n) is 2.56. The number of nitrogens with one attached hydrogen (secondary N) is 1. The second-order valence-corrected chi connectivity index (χ2v) is 3.67. The van der Waals surface area contributed by atoms with Crippen molar-refractivity contribution < 1.29 is 4.79 Å². The van der Waals surface area contributed by atoms with Crippen molar-refractivity contribution in [3.8, 4) is 0 Å². The van der Waals surface area contributed by atoms with Crippen molar-refractivity contribution in [2.24, 2.45) is 11.1 Å². The summed E-state index contributed by atoms with van der Waals surface area (Å²) in [5, 5.41) is 3.34. The second-order valence-electron chi connectivity index (χ2n) is 3.67. The standard InChI is InChI=1S/C8H14N2O/c9-7(11)8-3-1-2-6(8)10-5-4-8/h6,10H,1-5H2,(H2,9,11). The predicted octanol–water partition coefficient (Wildman–Crippen LogP) is 0.00390. The Bertz CT molecular complexity index is 181. The molecular formula is C8H14N2O. The van der Waals surface area contributed by atoms with Crippen molar-refractivity contribution >= 4 is 5.91 Å². The number of hydrogen-bond acceptors (Lipinski definition) is 2. The highest BCUT2D eigenvalue weighted by atomic mass is 16.1. The van der Waals surface area contributed by atoms with Crippen molar-refractivity contribution in [2.75, 3.05) is 6.54 Å². The number of carbonyl (C=O) groups excluding carboxylic acids is 1. The maximum absolute atomic E-state index is 11.2. The van der Waals surface area contributed by atoms with Crippen molar-refractivity contribution in [1.82, 2.24) is 5.32 Å². The molecule has 0 aromatic carbocycles. The lowest BCUT2D eigenvalue weighted by Gasteiger charge is -2.23. The first-order chi connectivity index (χ1) is 5.26. The van der Waals surface area contributed by atoms with E-state index in [2.05, 4.69) is 5.32 Å². The minimum atomic E-state index is -0.167. The van der Waals surface area contributed by atoms with Crippen LogP contribution in [-0.4, -0.2) is 18.5 Å². The van der Waals surface area contributed by atoms with Gasteiger partial charge in [-0.2, -0.15) is 0 Å². The largest absolute Gasteiger partial charge is 0.369 e. The first kappa shape index (κ1) is 7.10. The Hall–Kier alpha value is -0.570. The molecule has 0 aromatic heterocycles. The molecule has 62 valence electrons. The van der Waals surface area contributed by atoms with Gasteiger partial charge in [0.2, 0.25) is 5.91 Å². The Morgan fingerprint density at radius 1 is 1.55 bits per heavy atom. The van der Waals surface area contributed by atoms with Crippen LogP contribution in [0, 0.1) is 5.41 Å². The zero-order chi connectivity index (χ0) is 7.90. The highest BCUT2D eigenvalue weighted by Gasteiger charge is 2.50. The fraction of sp³-hybridized carbons (Fsp3) is 0.875. The molecule has 1 aliphatic carbocycles. The van der Waals surface area contributed by atoms with Crippen molar-refractivity contribution in [3.05, 3.63) is 0 Å². The van der Waals surface area contributed by atoms with Gasteiger partial charge in [-0.1, -0.05) is 6.42 Å². The van der Waals surface area contributed by atoms with Gasteiger partial charge in [-0.05, 0) is 25.8 Å². The lowest BCUT2D eigenvalue weighted by atomic mass is 9.82. The molecule has 3 nitrogen and oxygen atoms in total. The molecular weight excluding hydrogens is 140 g/mol. The van der Waals surface area contributed by atoms with E-state index in [1.54, 1.807) is 0 Å². The molecule has 2 aliphatic rings. The molecule has 2 unspecified atom stereocenters. The minimum Gasteiger partial charge on any atom is -0.369 e. The van der Waals surface area contributed by atoms with Gasteiger partial charge < -0.3 is 11.1 Å². The van der Waals surface area contributed by atoms with Crippen LogP contribution >= 0.6 is 0 Å². The summed E-state index contributed by atoms with van der Waals surface area (Å²) in [6.07, 6.45) is 4.23. The van der Waals surface area contributed by atoms with E-state index in [1.165, 1.54) is 0 Å². The van der Waals surface area contributed by atoms with Crippen LogP contribution in [-0.2, 0) is 4.79 Å². The van der Waals surface area contributed by atoms with Crippen LogP contribution in [0.5, 0.6) is 0 Å². The average molecular weight is 154 g/mol. The molecule has 1 saturated carbocycles. The van der Waals surface area contributed by atoms with Gasteiger partial charge in [-0.25, -0.2) is 0 Å². The van der Waals surface area contributed by atoms with Crippen LogP contribution in [0.2, 0.25) is 0 Å². The summed E-state index contributed by atoms with van der Waals surface area (Å²) in [4.78, 5) is 11.2. The van der Waals surface area contributed by atoms with Gasteiger partial charge in [-0.15, -0.1) is 0 Å². The van der Waals surface area contributed by atoms with E-state index in [-0.39, 0.29) is 11.3 Å². The highest BCUT2D eigenvalue weighted by molar-refractivity contribution is 5.82. The molecule has 2 rings (SSSR count). The molecule has 3 N–H and O–H groups in total. The molecule has 11 heavy (non-hydrogen) atoms. The Kier molecular flexibility index (Phi) is 1.42. The second kappa shape index (κ2) is 2.21. The minimum absolute atomic E-state index is 0.0926. The average Bonchev–Trinajstić information content (AvgIpc) is 2.40.